The minimum Gasteiger partial charge on any atom is -0.496 e. The van der Waals surface area contributed by atoms with Crippen molar-refractivity contribution in [1.29, 1.82) is 10.5 Å². The molecule has 0 radical (unpaired) electrons. The Balaban J connectivity index is 2.26. The minimum absolute atomic E-state index is 0.0372. The summed E-state index contributed by atoms with van der Waals surface area (Å²) in [7, 11) is 0.145. The van der Waals surface area contributed by atoms with Crippen molar-refractivity contribution >= 4 is 22.4 Å². The number of allylic oxidation sites excluding steroid dienone is 2. The first kappa shape index (κ1) is 21.6. The second kappa shape index (κ2) is 9.11. The molecule has 1 heterocycles. The summed E-state index contributed by atoms with van der Waals surface area (Å²) in [6.45, 7) is 6.35. The molecule has 3 rings (SSSR count). The summed E-state index contributed by atoms with van der Waals surface area (Å²) in [6, 6.07) is 15.3. The van der Waals surface area contributed by atoms with Gasteiger partial charge in [0, 0.05) is 16.7 Å². The summed E-state index contributed by atoms with van der Waals surface area (Å²) < 4.78 is 19.0. The lowest BCUT2D eigenvalue weighted by molar-refractivity contribution is 0.412. The van der Waals surface area contributed by atoms with Gasteiger partial charge in [0.25, 0.3) is 0 Å². The maximum Gasteiger partial charge on any atom is 0.138 e. The molecule has 30 heavy (non-hydrogen) atoms. The molecular weight excluding hydrogens is 392 g/mol. The van der Waals surface area contributed by atoms with Crippen molar-refractivity contribution in [3.63, 3.8) is 0 Å². The molecule has 0 saturated carbocycles. The van der Waals surface area contributed by atoms with Gasteiger partial charge in [-0.3, -0.25) is 0 Å². The number of hydrogen-bond donors (Lipinski definition) is 0. The molecule has 152 valence electrons. The number of aryl methyl sites for hydroxylation is 1. The van der Waals surface area contributed by atoms with E-state index in [2.05, 4.69) is 19.9 Å². The number of nitrogens with zero attached hydrogens (tertiary/aromatic N) is 2. The van der Waals surface area contributed by atoms with E-state index in [4.69, 9.17) is 4.74 Å². The SMILES string of the molecule is CCC(CC)c1cc(C)c(/C=C2/C(=C(C#N)C#N)c3ccccc3S2=O)c(OC)c1. The third-order valence-corrected chi connectivity index (χ3v) is 7.08. The molecule has 0 bridgehead atoms. The van der Waals surface area contributed by atoms with Crippen LogP contribution in [0.4, 0.5) is 0 Å². The van der Waals surface area contributed by atoms with Gasteiger partial charge in [-0.1, -0.05) is 38.1 Å². The fourth-order valence-electron chi connectivity index (χ4n) is 3.97. The van der Waals surface area contributed by atoms with Crippen molar-refractivity contribution in [2.24, 2.45) is 0 Å². The Morgan fingerprint density at radius 2 is 1.83 bits per heavy atom. The highest BCUT2D eigenvalue weighted by molar-refractivity contribution is 7.90. The molecule has 2 aromatic rings. The molecule has 0 aromatic heterocycles. The van der Waals surface area contributed by atoms with Gasteiger partial charge in [-0.2, -0.15) is 10.5 Å². The van der Waals surface area contributed by atoms with E-state index in [0.717, 1.165) is 24.0 Å². The van der Waals surface area contributed by atoms with Gasteiger partial charge in [0.05, 0.1) is 27.7 Å². The van der Waals surface area contributed by atoms with E-state index in [1.165, 1.54) is 5.56 Å². The lowest BCUT2D eigenvalue weighted by Crippen LogP contribution is -2.00. The first-order valence-corrected chi connectivity index (χ1v) is 11.1. The Kier molecular flexibility index (Phi) is 6.55. The third kappa shape index (κ3) is 3.70. The van der Waals surface area contributed by atoms with Crippen molar-refractivity contribution in [3.05, 3.63) is 69.1 Å². The van der Waals surface area contributed by atoms with Crippen molar-refractivity contribution in [2.75, 3.05) is 7.11 Å². The van der Waals surface area contributed by atoms with Gasteiger partial charge >= 0.3 is 0 Å². The van der Waals surface area contributed by atoms with Crippen molar-refractivity contribution in [3.8, 4) is 17.9 Å². The number of methoxy groups -OCH3 is 1. The summed E-state index contributed by atoms with van der Waals surface area (Å²) in [5, 5.41) is 19.0. The number of nitriles is 2. The van der Waals surface area contributed by atoms with E-state index >= 15 is 0 Å². The zero-order valence-electron chi connectivity index (χ0n) is 17.7. The van der Waals surface area contributed by atoms with Crippen molar-refractivity contribution < 1.29 is 8.95 Å². The molecule has 0 aliphatic carbocycles. The average molecular weight is 417 g/mol. The van der Waals surface area contributed by atoms with E-state index < -0.39 is 10.8 Å². The van der Waals surface area contributed by atoms with Gasteiger partial charge in [0.15, 0.2) is 0 Å². The van der Waals surface area contributed by atoms with Crippen LogP contribution in [-0.4, -0.2) is 11.3 Å². The number of fused-ring (bicyclic) bond motifs is 1. The van der Waals surface area contributed by atoms with Gasteiger partial charge in [-0.25, -0.2) is 4.21 Å². The fraction of sp³-hybridized carbons (Fsp3) is 0.280. The van der Waals surface area contributed by atoms with Gasteiger partial charge in [0.1, 0.15) is 23.5 Å². The Morgan fingerprint density at radius 1 is 1.17 bits per heavy atom. The van der Waals surface area contributed by atoms with E-state index in [1.54, 1.807) is 19.2 Å². The van der Waals surface area contributed by atoms with Crippen LogP contribution in [0.2, 0.25) is 0 Å². The second-order valence-electron chi connectivity index (χ2n) is 7.21. The Bertz CT molecular complexity index is 1140. The predicted molar refractivity (Wildman–Crippen MR) is 120 cm³/mol. The van der Waals surface area contributed by atoms with Crippen LogP contribution in [0.1, 0.15) is 54.9 Å². The highest BCUT2D eigenvalue weighted by Gasteiger charge is 2.31. The molecule has 1 unspecified atom stereocenters. The average Bonchev–Trinajstić information content (AvgIpc) is 3.03. The Hall–Kier alpha value is -3.15. The van der Waals surface area contributed by atoms with Crippen LogP contribution in [-0.2, 0) is 10.8 Å². The van der Waals surface area contributed by atoms with Crippen LogP contribution < -0.4 is 4.74 Å². The summed E-state index contributed by atoms with van der Waals surface area (Å²) in [6.07, 6.45) is 3.89. The van der Waals surface area contributed by atoms with Gasteiger partial charge in [-0.05, 0) is 55.0 Å². The zero-order chi connectivity index (χ0) is 21.8. The summed E-state index contributed by atoms with van der Waals surface area (Å²) in [4.78, 5) is 1.08. The summed E-state index contributed by atoms with van der Waals surface area (Å²) in [5.41, 5.74) is 4.12. The van der Waals surface area contributed by atoms with Crippen LogP contribution in [0.25, 0.3) is 11.6 Å². The lowest BCUT2D eigenvalue weighted by Gasteiger charge is -2.18. The summed E-state index contributed by atoms with van der Waals surface area (Å²) >= 11 is 0. The van der Waals surface area contributed by atoms with Crippen LogP contribution >= 0.6 is 0 Å². The van der Waals surface area contributed by atoms with Crippen molar-refractivity contribution in [2.45, 2.75) is 44.4 Å². The maximum absolute atomic E-state index is 13.3. The van der Waals surface area contributed by atoms with E-state index in [1.807, 2.05) is 43.3 Å². The minimum atomic E-state index is -1.48. The lowest BCUT2D eigenvalue weighted by atomic mass is 9.90. The molecule has 0 fully saturated rings. The standard InChI is InChI=1S/C25H24N2O2S/c1-5-17(6-2)18-11-16(3)21(22(12-18)29-4)13-24-25(19(14-26)15-27)20-9-7-8-10-23(20)30(24)28/h7-13,17H,5-6H2,1-4H3/b24-13-. The molecule has 1 atom stereocenters. The molecule has 1 aliphatic heterocycles. The molecule has 1 aliphatic rings. The molecule has 0 spiro atoms. The number of hydrogen-bond acceptors (Lipinski definition) is 4. The number of rotatable bonds is 5. The smallest absolute Gasteiger partial charge is 0.138 e. The molecule has 0 amide bonds. The molecule has 5 heteroatoms. The number of benzene rings is 2. The Morgan fingerprint density at radius 3 is 2.43 bits per heavy atom. The zero-order valence-corrected chi connectivity index (χ0v) is 18.5. The van der Waals surface area contributed by atoms with Gasteiger partial charge in [-0.15, -0.1) is 0 Å². The molecule has 0 N–H and O–H groups in total. The molecule has 2 aromatic carbocycles. The van der Waals surface area contributed by atoms with E-state index in [-0.39, 0.29) is 5.57 Å². The van der Waals surface area contributed by atoms with Crippen LogP contribution in [0, 0.1) is 29.6 Å². The van der Waals surface area contributed by atoms with Crippen LogP contribution in [0.3, 0.4) is 0 Å². The Labute approximate surface area is 180 Å². The van der Waals surface area contributed by atoms with E-state index in [9.17, 15) is 14.7 Å². The first-order chi connectivity index (χ1) is 14.5. The third-order valence-electron chi connectivity index (χ3n) is 5.60. The quantitative estimate of drug-likeness (QED) is 0.571. The predicted octanol–water partition coefficient (Wildman–Crippen LogP) is 5.87. The first-order valence-electron chi connectivity index (χ1n) is 9.96. The molecular formula is C25H24N2O2S. The largest absolute Gasteiger partial charge is 0.496 e. The monoisotopic (exact) mass is 416 g/mol. The fourth-order valence-corrected chi connectivity index (χ4v) is 5.40. The normalized spacial score (nSPS) is 16.3. The second-order valence-corrected chi connectivity index (χ2v) is 8.63. The maximum atomic E-state index is 13.3. The van der Waals surface area contributed by atoms with Crippen LogP contribution in [0.15, 0.2) is 51.8 Å². The highest BCUT2D eigenvalue weighted by Crippen LogP contribution is 2.44. The van der Waals surface area contributed by atoms with E-state index in [0.29, 0.717) is 32.6 Å². The highest BCUT2D eigenvalue weighted by atomic mass is 32.2. The molecule has 0 saturated heterocycles. The van der Waals surface area contributed by atoms with Crippen molar-refractivity contribution in [1.82, 2.24) is 0 Å². The van der Waals surface area contributed by atoms with Crippen LogP contribution in [0.5, 0.6) is 5.75 Å². The topological polar surface area (TPSA) is 73.9 Å². The summed E-state index contributed by atoms with van der Waals surface area (Å²) in [5.74, 6) is 1.15. The molecule has 4 nitrogen and oxygen atoms in total. The van der Waals surface area contributed by atoms with Gasteiger partial charge < -0.3 is 4.74 Å². The van der Waals surface area contributed by atoms with Gasteiger partial charge in [0.2, 0.25) is 0 Å². The number of ether oxygens (including phenoxy) is 1.